The average molecular weight is 380 g/mol. The van der Waals surface area contributed by atoms with Crippen LogP contribution >= 0.6 is 0 Å². The van der Waals surface area contributed by atoms with Crippen LogP contribution in [-0.4, -0.2) is 34.9 Å². The third-order valence-electron chi connectivity index (χ3n) is 4.36. The number of benzene rings is 2. The molecule has 3 aromatic rings. The Morgan fingerprint density at radius 3 is 2.75 bits per heavy atom. The number of nitrogens with one attached hydrogen (secondary N) is 3. The fraction of sp³-hybridized carbons (Fsp3) is 0.286. The van der Waals surface area contributed by atoms with Gasteiger partial charge in [0.1, 0.15) is 11.8 Å². The Morgan fingerprint density at radius 2 is 2.00 bits per heavy atom. The molecule has 1 aromatic heterocycles. The Bertz CT molecular complexity index is 934. The van der Waals surface area contributed by atoms with Crippen LogP contribution in [0.25, 0.3) is 11.0 Å². The van der Waals surface area contributed by atoms with Gasteiger partial charge in [-0.1, -0.05) is 37.6 Å². The maximum Gasteiger partial charge on any atom is 0.249 e. The molecule has 0 fully saturated rings. The number of ether oxygens (including phenoxy) is 1. The lowest BCUT2D eigenvalue weighted by atomic mass is 10.1. The van der Waals surface area contributed by atoms with Crippen molar-refractivity contribution in [1.29, 1.82) is 0 Å². The average Bonchev–Trinajstić information content (AvgIpc) is 3.10. The number of carbonyl (C=O) groups is 2. The van der Waals surface area contributed by atoms with Gasteiger partial charge in [0.25, 0.3) is 0 Å². The lowest BCUT2D eigenvalue weighted by molar-refractivity contribution is -0.126. The van der Waals surface area contributed by atoms with Crippen LogP contribution in [0.2, 0.25) is 0 Å². The summed E-state index contributed by atoms with van der Waals surface area (Å²) in [7, 11) is 1.58. The molecule has 0 bridgehead atoms. The van der Waals surface area contributed by atoms with Crippen LogP contribution in [-0.2, 0) is 16.0 Å². The summed E-state index contributed by atoms with van der Waals surface area (Å²) in [6.45, 7) is 1.97. The van der Waals surface area contributed by atoms with Crippen LogP contribution in [0.4, 0.5) is 5.95 Å². The standard InChI is InChI=1S/C21H24N4O3/c1-3-7-18(22-19(26)13-14-8-6-9-15(12-14)28-2)20(27)25-21-23-16-10-4-5-11-17(16)24-21/h4-6,8-12,18H,3,7,13H2,1-2H3,(H,22,26)(H2,23,24,25,27). The van der Waals surface area contributed by atoms with Crippen molar-refractivity contribution in [2.75, 3.05) is 12.4 Å². The minimum absolute atomic E-state index is 0.176. The summed E-state index contributed by atoms with van der Waals surface area (Å²) in [6, 6.07) is 14.2. The minimum Gasteiger partial charge on any atom is -0.497 e. The topological polar surface area (TPSA) is 96.1 Å². The molecule has 7 nitrogen and oxygen atoms in total. The Hall–Kier alpha value is -3.35. The van der Waals surface area contributed by atoms with E-state index >= 15 is 0 Å². The van der Waals surface area contributed by atoms with Crippen molar-refractivity contribution in [3.63, 3.8) is 0 Å². The van der Waals surface area contributed by atoms with Gasteiger partial charge in [-0.3, -0.25) is 14.9 Å². The van der Waals surface area contributed by atoms with Gasteiger partial charge < -0.3 is 15.0 Å². The van der Waals surface area contributed by atoms with Gasteiger partial charge in [0, 0.05) is 0 Å². The zero-order valence-electron chi connectivity index (χ0n) is 16.0. The first kappa shape index (κ1) is 19.4. The minimum atomic E-state index is -0.628. The van der Waals surface area contributed by atoms with Crippen molar-refractivity contribution in [1.82, 2.24) is 15.3 Å². The molecule has 28 heavy (non-hydrogen) atoms. The van der Waals surface area contributed by atoms with Gasteiger partial charge in [-0.05, 0) is 36.2 Å². The van der Waals surface area contributed by atoms with E-state index in [1.54, 1.807) is 7.11 Å². The fourth-order valence-electron chi connectivity index (χ4n) is 2.99. The summed E-state index contributed by atoms with van der Waals surface area (Å²) in [5.41, 5.74) is 2.43. The number of aromatic nitrogens is 2. The van der Waals surface area contributed by atoms with Crippen LogP contribution in [0.15, 0.2) is 48.5 Å². The van der Waals surface area contributed by atoms with E-state index in [9.17, 15) is 9.59 Å². The van der Waals surface area contributed by atoms with Gasteiger partial charge >= 0.3 is 0 Å². The van der Waals surface area contributed by atoms with Crippen LogP contribution in [0.1, 0.15) is 25.3 Å². The number of rotatable bonds is 8. The van der Waals surface area contributed by atoms with Gasteiger partial charge in [0.15, 0.2) is 0 Å². The summed E-state index contributed by atoms with van der Waals surface area (Å²) >= 11 is 0. The van der Waals surface area contributed by atoms with E-state index in [-0.39, 0.29) is 18.2 Å². The van der Waals surface area contributed by atoms with Crippen LogP contribution < -0.4 is 15.4 Å². The van der Waals surface area contributed by atoms with Gasteiger partial charge in [-0.15, -0.1) is 0 Å². The van der Waals surface area contributed by atoms with E-state index in [1.807, 2.05) is 55.5 Å². The van der Waals surface area contributed by atoms with Gasteiger partial charge in [0.2, 0.25) is 17.8 Å². The number of anilines is 1. The van der Waals surface area contributed by atoms with E-state index in [2.05, 4.69) is 20.6 Å². The Labute approximate surface area is 163 Å². The normalized spacial score (nSPS) is 11.8. The van der Waals surface area contributed by atoms with Gasteiger partial charge in [-0.25, -0.2) is 4.98 Å². The summed E-state index contributed by atoms with van der Waals surface area (Å²) in [4.78, 5) is 32.5. The first-order valence-corrected chi connectivity index (χ1v) is 9.27. The van der Waals surface area contributed by atoms with E-state index in [0.717, 1.165) is 23.0 Å². The molecule has 0 saturated carbocycles. The third-order valence-corrected chi connectivity index (χ3v) is 4.36. The summed E-state index contributed by atoms with van der Waals surface area (Å²) in [5, 5.41) is 5.59. The molecule has 0 aliphatic rings. The third kappa shape index (κ3) is 4.88. The van der Waals surface area contributed by atoms with Crippen molar-refractivity contribution in [3.05, 3.63) is 54.1 Å². The van der Waals surface area contributed by atoms with Crippen molar-refractivity contribution in [3.8, 4) is 5.75 Å². The molecule has 2 amide bonds. The zero-order chi connectivity index (χ0) is 19.9. The number of hydrogen-bond donors (Lipinski definition) is 3. The number of amides is 2. The molecule has 0 spiro atoms. The molecule has 0 saturated heterocycles. The summed E-state index contributed by atoms with van der Waals surface area (Å²) in [6.07, 6.45) is 1.48. The number of methoxy groups -OCH3 is 1. The predicted molar refractivity (Wildman–Crippen MR) is 108 cm³/mol. The van der Waals surface area contributed by atoms with Crippen LogP contribution in [0.3, 0.4) is 0 Å². The molecule has 0 aliphatic heterocycles. The predicted octanol–water partition coefficient (Wildman–Crippen LogP) is 3.04. The fourth-order valence-corrected chi connectivity index (χ4v) is 2.99. The van der Waals surface area contributed by atoms with Gasteiger partial charge in [0.05, 0.1) is 24.6 Å². The highest BCUT2D eigenvalue weighted by atomic mass is 16.5. The molecular formula is C21H24N4O3. The number of aromatic amines is 1. The number of nitrogens with zero attached hydrogens (tertiary/aromatic N) is 1. The molecular weight excluding hydrogens is 356 g/mol. The number of para-hydroxylation sites is 2. The number of imidazole rings is 1. The molecule has 146 valence electrons. The molecule has 1 unspecified atom stereocenters. The number of hydrogen-bond acceptors (Lipinski definition) is 4. The first-order chi connectivity index (χ1) is 13.6. The maximum atomic E-state index is 12.7. The van der Waals surface area contributed by atoms with E-state index in [1.165, 1.54) is 0 Å². The largest absolute Gasteiger partial charge is 0.497 e. The first-order valence-electron chi connectivity index (χ1n) is 9.27. The quantitative estimate of drug-likeness (QED) is 0.560. The maximum absolute atomic E-state index is 12.7. The number of H-pyrrole nitrogens is 1. The van der Waals surface area contributed by atoms with Crippen molar-refractivity contribution < 1.29 is 14.3 Å². The molecule has 3 N–H and O–H groups in total. The SMILES string of the molecule is CCCC(NC(=O)Cc1cccc(OC)c1)C(=O)Nc1nc2ccccc2[nH]1. The highest BCUT2D eigenvalue weighted by Crippen LogP contribution is 2.15. The molecule has 7 heteroatoms. The van der Waals surface area contributed by atoms with Crippen LogP contribution in [0.5, 0.6) is 5.75 Å². The summed E-state index contributed by atoms with van der Waals surface area (Å²) in [5.74, 6) is 0.554. The van der Waals surface area contributed by atoms with Crippen LogP contribution in [0, 0.1) is 0 Å². The lowest BCUT2D eigenvalue weighted by Crippen LogP contribution is -2.44. The highest BCUT2D eigenvalue weighted by Gasteiger charge is 2.21. The van der Waals surface area contributed by atoms with Crippen molar-refractivity contribution in [2.45, 2.75) is 32.2 Å². The lowest BCUT2D eigenvalue weighted by Gasteiger charge is -2.17. The summed E-state index contributed by atoms with van der Waals surface area (Å²) < 4.78 is 5.18. The highest BCUT2D eigenvalue weighted by molar-refractivity contribution is 5.97. The number of fused-ring (bicyclic) bond motifs is 1. The monoisotopic (exact) mass is 380 g/mol. The van der Waals surface area contributed by atoms with E-state index in [0.29, 0.717) is 18.1 Å². The zero-order valence-corrected chi connectivity index (χ0v) is 16.0. The molecule has 0 radical (unpaired) electrons. The second-order valence-electron chi connectivity index (χ2n) is 6.53. The molecule has 2 aromatic carbocycles. The molecule has 3 rings (SSSR count). The Kier molecular flexibility index (Phi) is 6.26. The second kappa shape index (κ2) is 9.03. The number of carbonyl (C=O) groups excluding carboxylic acids is 2. The van der Waals surface area contributed by atoms with Crippen molar-refractivity contribution in [2.24, 2.45) is 0 Å². The van der Waals surface area contributed by atoms with Crippen molar-refractivity contribution >= 4 is 28.8 Å². The molecule has 1 heterocycles. The Morgan fingerprint density at radius 1 is 1.18 bits per heavy atom. The smallest absolute Gasteiger partial charge is 0.249 e. The van der Waals surface area contributed by atoms with Gasteiger partial charge in [-0.2, -0.15) is 0 Å². The second-order valence-corrected chi connectivity index (χ2v) is 6.53. The van der Waals surface area contributed by atoms with E-state index in [4.69, 9.17) is 4.74 Å². The molecule has 0 aliphatic carbocycles. The Balaban J connectivity index is 1.64. The van der Waals surface area contributed by atoms with E-state index < -0.39 is 6.04 Å². The molecule has 1 atom stereocenters.